The number of carbonyl (C=O) groups excluding carboxylic acids is 1. The van der Waals surface area contributed by atoms with Crippen molar-refractivity contribution in [3.8, 4) is 0 Å². The first-order chi connectivity index (χ1) is 11.0. The van der Waals surface area contributed by atoms with E-state index in [1.165, 1.54) is 0 Å². The summed E-state index contributed by atoms with van der Waals surface area (Å²) in [7, 11) is 0. The van der Waals surface area contributed by atoms with Gasteiger partial charge in [0.05, 0.1) is 5.92 Å². The molecule has 2 heterocycles. The molecule has 3 rings (SSSR count). The lowest BCUT2D eigenvalue weighted by atomic mass is 9.78. The smallest absolute Gasteiger partial charge is 0.355 e. The maximum atomic E-state index is 13.0. The van der Waals surface area contributed by atoms with Gasteiger partial charge >= 0.3 is 6.18 Å². The maximum absolute atomic E-state index is 13.0. The normalized spacial score (nSPS) is 24.5. The number of aryl methyl sites for hydroxylation is 1. The van der Waals surface area contributed by atoms with Gasteiger partial charge in [-0.15, -0.1) is 10.2 Å². The number of hydrogen-bond acceptors (Lipinski definition) is 3. The van der Waals surface area contributed by atoms with Crippen LogP contribution in [0, 0.1) is 11.8 Å². The lowest BCUT2D eigenvalue weighted by Gasteiger charge is -2.31. The number of aromatic nitrogens is 3. The average molecular weight is 330 g/mol. The van der Waals surface area contributed by atoms with Crippen LogP contribution in [0.2, 0.25) is 0 Å². The zero-order valence-electron chi connectivity index (χ0n) is 12.9. The minimum atomic E-state index is -4.30. The lowest BCUT2D eigenvalue weighted by molar-refractivity contribution is -0.198. The van der Waals surface area contributed by atoms with E-state index in [1.54, 1.807) is 0 Å². The van der Waals surface area contributed by atoms with Crippen molar-refractivity contribution in [2.24, 2.45) is 11.8 Å². The molecule has 0 saturated heterocycles. The van der Waals surface area contributed by atoms with Gasteiger partial charge in [0.1, 0.15) is 11.6 Å². The Morgan fingerprint density at radius 2 is 2.00 bits per heavy atom. The third kappa shape index (κ3) is 3.50. The van der Waals surface area contributed by atoms with E-state index in [-0.39, 0.29) is 6.42 Å². The molecule has 128 valence electrons. The van der Waals surface area contributed by atoms with Crippen LogP contribution in [0.25, 0.3) is 0 Å². The number of carbonyl (C=O) groups is 1. The lowest BCUT2D eigenvalue weighted by Crippen LogP contribution is -2.43. The highest BCUT2D eigenvalue weighted by molar-refractivity contribution is 5.79. The summed E-state index contributed by atoms with van der Waals surface area (Å²) in [5, 5.41) is 10.8. The molecule has 0 aromatic carbocycles. The monoisotopic (exact) mass is 330 g/mol. The molecular weight excluding hydrogens is 309 g/mol. The highest BCUT2D eigenvalue weighted by Crippen LogP contribution is 2.41. The second-order valence-electron chi connectivity index (χ2n) is 6.37. The Labute approximate surface area is 132 Å². The summed E-state index contributed by atoms with van der Waals surface area (Å²) in [4.78, 5) is 12.2. The summed E-state index contributed by atoms with van der Waals surface area (Å²) in [6.45, 7) is 1.18. The van der Waals surface area contributed by atoms with Crippen molar-refractivity contribution in [1.29, 1.82) is 0 Å². The fourth-order valence-electron chi connectivity index (χ4n) is 3.66. The first-order valence-electron chi connectivity index (χ1n) is 8.22. The fourth-order valence-corrected chi connectivity index (χ4v) is 3.66. The maximum Gasteiger partial charge on any atom is 0.392 e. The molecule has 1 aromatic rings. The highest BCUT2D eigenvalue weighted by Gasteiger charge is 2.47. The number of halogens is 3. The van der Waals surface area contributed by atoms with Crippen molar-refractivity contribution < 1.29 is 18.0 Å². The van der Waals surface area contributed by atoms with Crippen LogP contribution in [0.15, 0.2) is 0 Å². The summed E-state index contributed by atoms with van der Waals surface area (Å²) in [6.07, 6.45) is -0.246. The number of nitrogens with one attached hydrogen (secondary N) is 1. The van der Waals surface area contributed by atoms with Crippen LogP contribution in [0.1, 0.15) is 43.8 Å². The largest absolute Gasteiger partial charge is 0.392 e. The van der Waals surface area contributed by atoms with Gasteiger partial charge in [-0.05, 0) is 19.3 Å². The second kappa shape index (κ2) is 6.49. The summed E-state index contributed by atoms with van der Waals surface area (Å²) in [5.74, 6) is -1.18. The molecule has 1 aliphatic carbocycles. The van der Waals surface area contributed by atoms with E-state index in [0.29, 0.717) is 32.2 Å². The van der Waals surface area contributed by atoms with E-state index in [1.807, 2.05) is 4.57 Å². The molecule has 1 saturated carbocycles. The van der Waals surface area contributed by atoms with E-state index in [4.69, 9.17) is 0 Å². The zero-order valence-corrected chi connectivity index (χ0v) is 12.9. The molecule has 1 N–H and O–H groups in total. The minimum absolute atomic E-state index is 0.0548. The highest BCUT2D eigenvalue weighted by atomic mass is 19.4. The first-order valence-corrected chi connectivity index (χ1v) is 8.22. The van der Waals surface area contributed by atoms with Crippen LogP contribution in [0.3, 0.4) is 0 Å². The topological polar surface area (TPSA) is 59.8 Å². The van der Waals surface area contributed by atoms with Gasteiger partial charge in [0.2, 0.25) is 5.91 Å². The van der Waals surface area contributed by atoms with E-state index in [2.05, 4.69) is 15.5 Å². The summed E-state index contributed by atoms with van der Waals surface area (Å²) in [6, 6.07) is 0. The summed E-state index contributed by atoms with van der Waals surface area (Å²) >= 11 is 0. The molecule has 1 amide bonds. The quantitative estimate of drug-likeness (QED) is 0.921. The van der Waals surface area contributed by atoms with Gasteiger partial charge in [-0.25, -0.2) is 0 Å². The Hall–Kier alpha value is -1.60. The Balaban J connectivity index is 1.54. The van der Waals surface area contributed by atoms with Crippen LogP contribution in [-0.4, -0.2) is 33.4 Å². The molecule has 23 heavy (non-hydrogen) atoms. The molecule has 1 aromatic heterocycles. The van der Waals surface area contributed by atoms with Crippen LogP contribution in [0.4, 0.5) is 13.2 Å². The predicted octanol–water partition coefficient (Wildman–Crippen LogP) is 2.25. The summed E-state index contributed by atoms with van der Waals surface area (Å²) in [5.41, 5.74) is 0. The number of rotatable bonds is 4. The van der Waals surface area contributed by atoms with Crippen molar-refractivity contribution in [2.75, 3.05) is 6.54 Å². The van der Waals surface area contributed by atoms with Crippen molar-refractivity contribution in [3.05, 3.63) is 11.6 Å². The molecule has 8 heteroatoms. The van der Waals surface area contributed by atoms with Crippen LogP contribution >= 0.6 is 0 Å². The van der Waals surface area contributed by atoms with Gasteiger partial charge in [-0.1, -0.05) is 12.8 Å². The molecule has 0 spiro atoms. The molecule has 0 unspecified atom stereocenters. The van der Waals surface area contributed by atoms with Crippen LogP contribution in [-0.2, 0) is 24.2 Å². The average Bonchev–Trinajstić information content (AvgIpc) is 3.11. The number of hydrogen-bond donors (Lipinski definition) is 1. The van der Waals surface area contributed by atoms with Crippen LogP contribution in [0.5, 0.6) is 0 Å². The van der Waals surface area contributed by atoms with E-state index in [9.17, 15) is 18.0 Å². The van der Waals surface area contributed by atoms with Crippen LogP contribution < -0.4 is 5.32 Å². The molecule has 1 fully saturated rings. The molecule has 5 nitrogen and oxygen atoms in total. The van der Waals surface area contributed by atoms with Gasteiger partial charge < -0.3 is 9.88 Å². The van der Waals surface area contributed by atoms with Gasteiger partial charge in [0.25, 0.3) is 0 Å². The van der Waals surface area contributed by atoms with Gasteiger partial charge in [0.15, 0.2) is 0 Å². The van der Waals surface area contributed by atoms with E-state index >= 15 is 0 Å². The standard InChI is InChI=1S/C15H21F3N4O/c16-15(17,18)11-5-2-1-4-10(11)14(23)19-8-7-13-21-20-12-6-3-9-22(12)13/h10-11H,1-9H2,(H,19,23)/t10-,11-/m1/s1. The zero-order chi connectivity index (χ0) is 16.4. The number of fused-ring (bicyclic) bond motifs is 1. The third-order valence-electron chi connectivity index (χ3n) is 4.86. The second-order valence-corrected chi connectivity index (χ2v) is 6.37. The minimum Gasteiger partial charge on any atom is -0.355 e. The van der Waals surface area contributed by atoms with Gasteiger partial charge in [-0.3, -0.25) is 4.79 Å². The van der Waals surface area contributed by atoms with Crippen molar-refractivity contribution in [1.82, 2.24) is 20.1 Å². The van der Waals surface area contributed by atoms with E-state index in [0.717, 1.165) is 31.0 Å². The Morgan fingerprint density at radius 3 is 2.78 bits per heavy atom. The Bertz CT molecular complexity index is 570. The van der Waals surface area contributed by atoms with Crippen molar-refractivity contribution in [2.45, 2.75) is 57.7 Å². The number of amides is 1. The molecule has 1 aliphatic heterocycles. The molecule has 0 radical (unpaired) electrons. The molecule has 0 bridgehead atoms. The van der Waals surface area contributed by atoms with Gasteiger partial charge in [-0.2, -0.15) is 13.2 Å². The van der Waals surface area contributed by atoms with Crippen molar-refractivity contribution in [3.63, 3.8) is 0 Å². The SMILES string of the molecule is O=C(NCCc1nnc2n1CCC2)[C@@H]1CCCC[C@H]1C(F)(F)F. The summed E-state index contributed by atoms with van der Waals surface area (Å²) < 4.78 is 41.2. The molecule has 2 atom stereocenters. The first kappa shape index (κ1) is 16.3. The Morgan fingerprint density at radius 1 is 1.22 bits per heavy atom. The van der Waals surface area contributed by atoms with Gasteiger partial charge in [0, 0.05) is 31.8 Å². The third-order valence-corrected chi connectivity index (χ3v) is 4.86. The number of nitrogens with zero attached hydrogens (tertiary/aromatic N) is 3. The Kier molecular flexibility index (Phi) is 4.59. The molecule has 2 aliphatic rings. The number of alkyl halides is 3. The van der Waals surface area contributed by atoms with E-state index < -0.39 is 23.9 Å². The predicted molar refractivity (Wildman–Crippen MR) is 76.6 cm³/mol. The molecular formula is C15H21F3N4O. The fraction of sp³-hybridized carbons (Fsp3) is 0.800. The van der Waals surface area contributed by atoms with Crippen molar-refractivity contribution >= 4 is 5.91 Å².